The summed E-state index contributed by atoms with van der Waals surface area (Å²) in [7, 11) is 0. The van der Waals surface area contributed by atoms with Crippen LogP contribution in [0.2, 0.25) is 0 Å². The Hall–Kier alpha value is -5.28. The van der Waals surface area contributed by atoms with Crippen LogP contribution in [0.5, 0.6) is 0 Å². The number of nitriles is 2. The molecule has 0 aliphatic heterocycles. The number of H-pyrrole nitrogens is 1. The van der Waals surface area contributed by atoms with E-state index in [2.05, 4.69) is 37.5 Å². The Morgan fingerprint density at radius 1 is 1.11 bits per heavy atom. The molecule has 168 valence electrons. The topological polar surface area (TPSA) is 136 Å². The molecule has 5 aromatic rings. The van der Waals surface area contributed by atoms with Crippen LogP contribution in [-0.4, -0.2) is 30.6 Å². The van der Waals surface area contributed by atoms with Gasteiger partial charge in [0.1, 0.15) is 12.0 Å². The number of benzene rings is 2. The highest BCUT2D eigenvalue weighted by atomic mass is 16.1. The highest BCUT2D eigenvalue weighted by Gasteiger charge is 2.18. The molecule has 35 heavy (non-hydrogen) atoms. The molecule has 0 saturated heterocycles. The molecule has 2 N–H and O–H groups in total. The van der Waals surface area contributed by atoms with Crippen LogP contribution in [-0.2, 0) is 0 Å². The second-order valence-electron chi connectivity index (χ2n) is 7.82. The fourth-order valence-electron chi connectivity index (χ4n) is 3.90. The molecule has 0 saturated carbocycles. The van der Waals surface area contributed by atoms with Gasteiger partial charge in [-0.2, -0.15) is 15.6 Å². The summed E-state index contributed by atoms with van der Waals surface area (Å²) in [6.45, 7) is 0. The van der Waals surface area contributed by atoms with E-state index < -0.39 is 0 Å². The summed E-state index contributed by atoms with van der Waals surface area (Å²) in [5.74, 6) is -0.288. The minimum Gasteiger partial charge on any atom is -0.346 e. The number of carbonyl (C=O) groups excluding carboxylic acids is 1. The van der Waals surface area contributed by atoms with Crippen LogP contribution < -0.4 is 5.32 Å². The molecule has 5 rings (SSSR count). The standard InChI is InChI=1S/C26H18N8O/c27-10-8-23(34-15-20(14-32-34)24-22-9-11-29-25(22)31-16-30-24)18-2-1-3-19(12-18)26(35)33-21-6-4-17(13-28)5-7-21/h1-7,9,11-12,14-16,23H,8H2,(H,33,35)(H,29,30,31). The Balaban J connectivity index is 1.42. The molecular weight excluding hydrogens is 440 g/mol. The maximum atomic E-state index is 12.8. The SMILES string of the molecule is N#CCC(c1cccc(C(=O)Nc2ccc(C#N)cc2)c1)n1cc(-c2ncnc3[nH]ccc23)cn1. The third kappa shape index (κ3) is 4.34. The monoisotopic (exact) mass is 458 g/mol. The molecule has 0 aliphatic rings. The molecule has 2 aromatic carbocycles. The smallest absolute Gasteiger partial charge is 0.255 e. The predicted octanol–water partition coefficient (Wildman–Crippen LogP) is 4.45. The second-order valence-corrected chi connectivity index (χ2v) is 7.82. The molecule has 9 nitrogen and oxygen atoms in total. The highest BCUT2D eigenvalue weighted by molar-refractivity contribution is 6.04. The lowest BCUT2D eigenvalue weighted by Crippen LogP contribution is -2.15. The second kappa shape index (κ2) is 9.30. The number of fused-ring (bicyclic) bond motifs is 1. The third-order valence-electron chi connectivity index (χ3n) is 5.64. The van der Waals surface area contributed by atoms with Crippen molar-refractivity contribution < 1.29 is 4.79 Å². The van der Waals surface area contributed by atoms with E-state index in [0.717, 1.165) is 27.9 Å². The van der Waals surface area contributed by atoms with E-state index in [4.69, 9.17) is 5.26 Å². The number of anilines is 1. The quantitative estimate of drug-likeness (QED) is 0.386. The minimum absolute atomic E-state index is 0.172. The van der Waals surface area contributed by atoms with E-state index in [1.165, 1.54) is 6.33 Å². The molecule has 1 unspecified atom stereocenters. The summed E-state index contributed by atoms with van der Waals surface area (Å²) in [5, 5.41) is 26.7. The molecular formula is C26H18N8O. The van der Waals surface area contributed by atoms with Gasteiger partial charge in [0.15, 0.2) is 0 Å². The number of carbonyl (C=O) groups is 1. The summed E-state index contributed by atoms with van der Waals surface area (Å²) in [4.78, 5) is 24.5. The lowest BCUT2D eigenvalue weighted by Gasteiger charge is -2.16. The third-order valence-corrected chi connectivity index (χ3v) is 5.64. The van der Waals surface area contributed by atoms with Crippen molar-refractivity contribution in [1.82, 2.24) is 24.7 Å². The number of aromatic nitrogens is 5. The van der Waals surface area contributed by atoms with E-state index >= 15 is 0 Å². The van der Waals surface area contributed by atoms with Crippen LogP contribution in [0.25, 0.3) is 22.3 Å². The van der Waals surface area contributed by atoms with Crippen LogP contribution in [0.4, 0.5) is 5.69 Å². The molecule has 0 radical (unpaired) electrons. The van der Waals surface area contributed by atoms with Gasteiger partial charge < -0.3 is 10.3 Å². The van der Waals surface area contributed by atoms with Crippen LogP contribution >= 0.6 is 0 Å². The number of hydrogen-bond acceptors (Lipinski definition) is 6. The van der Waals surface area contributed by atoms with Crippen molar-refractivity contribution >= 4 is 22.6 Å². The first kappa shape index (κ1) is 21.6. The van der Waals surface area contributed by atoms with Crippen molar-refractivity contribution in [3.05, 3.63) is 96.2 Å². The van der Waals surface area contributed by atoms with Crippen molar-refractivity contribution in [2.45, 2.75) is 12.5 Å². The van der Waals surface area contributed by atoms with Crippen molar-refractivity contribution in [3.8, 4) is 23.4 Å². The molecule has 1 amide bonds. The summed E-state index contributed by atoms with van der Waals surface area (Å²) in [6.07, 6.45) is 7.03. The van der Waals surface area contributed by atoms with E-state index in [0.29, 0.717) is 16.8 Å². The Bertz CT molecular complexity index is 1600. The van der Waals surface area contributed by atoms with Gasteiger partial charge in [0.25, 0.3) is 5.91 Å². The van der Waals surface area contributed by atoms with Gasteiger partial charge in [-0.3, -0.25) is 9.48 Å². The Morgan fingerprint density at radius 3 is 2.77 bits per heavy atom. The van der Waals surface area contributed by atoms with Gasteiger partial charge in [-0.05, 0) is 48.0 Å². The predicted molar refractivity (Wildman–Crippen MR) is 129 cm³/mol. The zero-order chi connectivity index (χ0) is 24.2. The fourth-order valence-corrected chi connectivity index (χ4v) is 3.90. The van der Waals surface area contributed by atoms with E-state index in [1.54, 1.807) is 59.5 Å². The maximum Gasteiger partial charge on any atom is 0.255 e. The van der Waals surface area contributed by atoms with Crippen LogP contribution in [0.3, 0.4) is 0 Å². The number of amides is 1. The molecule has 0 spiro atoms. The van der Waals surface area contributed by atoms with Gasteiger partial charge in [0.05, 0.1) is 42.1 Å². The summed E-state index contributed by atoms with van der Waals surface area (Å²) in [5.41, 5.74) is 4.61. The van der Waals surface area contributed by atoms with Gasteiger partial charge in [-0.25, -0.2) is 9.97 Å². The van der Waals surface area contributed by atoms with E-state index in [-0.39, 0.29) is 18.4 Å². The van der Waals surface area contributed by atoms with Gasteiger partial charge in [0, 0.05) is 34.6 Å². The molecule has 9 heteroatoms. The largest absolute Gasteiger partial charge is 0.346 e. The molecule has 0 aliphatic carbocycles. The number of aromatic amines is 1. The first-order valence-corrected chi connectivity index (χ1v) is 10.8. The molecule has 0 bridgehead atoms. The number of nitrogens with one attached hydrogen (secondary N) is 2. The summed E-state index contributed by atoms with van der Waals surface area (Å²) < 4.78 is 1.72. The van der Waals surface area contributed by atoms with Gasteiger partial charge in [-0.15, -0.1) is 0 Å². The lowest BCUT2D eigenvalue weighted by atomic mass is 10.0. The Labute approximate surface area is 200 Å². The molecule has 0 fully saturated rings. The summed E-state index contributed by atoms with van der Waals surface area (Å²) in [6, 6.07) is 19.6. The zero-order valence-corrected chi connectivity index (χ0v) is 18.4. The van der Waals surface area contributed by atoms with Crippen molar-refractivity contribution in [1.29, 1.82) is 10.5 Å². The zero-order valence-electron chi connectivity index (χ0n) is 18.4. The minimum atomic E-state index is -0.389. The molecule has 3 heterocycles. The Morgan fingerprint density at radius 2 is 1.97 bits per heavy atom. The first-order valence-electron chi connectivity index (χ1n) is 10.8. The van der Waals surface area contributed by atoms with Crippen LogP contribution in [0.15, 0.2) is 79.5 Å². The van der Waals surface area contributed by atoms with E-state index in [9.17, 15) is 10.1 Å². The highest BCUT2D eigenvalue weighted by Crippen LogP contribution is 2.28. The maximum absolute atomic E-state index is 12.8. The Kier molecular flexibility index (Phi) is 5.73. The number of hydrogen-bond donors (Lipinski definition) is 2. The van der Waals surface area contributed by atoms with Gasteiger partial charge >= 0.3 is 0 Å². The molecule has 1 atom stereocenters. The first-order chi connectivity index (χ1) is 17.2. The van der Waals surface area contributed by atoms with E-state index in [1.807, 2.05) is 18.3 Å². The van der Waals surface area contributed by atoms with Crippen LogP contribution in [0.1, 0.15) is 33.9 Å². The average molecular weight is 458 g/mol. The van der Waals surface area contributed by atoms with Gasteiger partial charge in [0.2, 0.25) is 0 Å². The number of nitrogens with zero attached hydrogens (tertiary/aromatic N) is 6. The normalized spacial score (nSPS) is 11.5. The van der Waals surface area contributed by atoms with Crippen molar-refractivity contribution in [2.24, 2.45) is 0 Å². The van der Waals surface area contributed by atoms with Crippen LogP contribution in [0, 0.1) is 22.7 Å². The summed E-state index contributed by atoms with van der Waals surface area (Å²) >= 11 is 0. The molecule has 3 aromatic heterocycles. The van der Waals surface area contributed by atoms with Crippen molar-refractivity contribution in [3.63, 3.8) is 0 Å². The van der Waals surface area contributed by atoms with Crippen molar-refractivity contribution in [2.75, 3.05) is 5.32 Å². The van der Waals surface area contributed by atoms with Gasteiger partial charge in [-0.1, -0.05) is 12.1 Å². The average Bonchev–Trinajstić information content (AvgIpc) is 3.58. The fraction of sp³-hybridized carbons (Fsp3) is 0.0769. The lowest BCUT2D eigenvalue weighted by molar-refractivity contribution is 0.102. The number of rotatable bonds is 6.